The van der Waals surface area contributed by atoms with Gasteiger partial charge in [0.15, 0.2) is 0 Å². The Morgan fingerprint density at radius 2 is 1.50 bits per heavy atom. The molecule has 1 N–H and O–H groups in total. The number of Topliss-reactive ketones (excluding diaryl/α,β-unsaturated/α-hetero) is 1. The van der Waals surface area contributed by atoms with Gasteiger partial charge < -0.3 is 5.11 Å². The van der Waals surface area contributed by atoms with Gasteiger partial charge >= 0.3 is 5.97 Å². The van der Waals surface area contributed by atoms with Crippen LogP contribution in [0.15, 0.2) is 24.3 Å². The first-order chi connectivity index (χ1) is 10.6. The van der Waals surface area contributed by atoms with Gasteiger partial charge in [-0.25, -0.2) is 0 Å². The zero-order valence-electron chi connectivity index (χ0n) is 13.6. The van der Waals surface area contributed by atoms with Crippen LogP contribution in [0.3, 0.4) is 0 Å². The Balaban J connectivity index is 2.25. The highest BCUT2D eigenvalue weighted by Gasteiger charge is 2.04. The molecule has 122 valence electrons. The molecule has 0 heterocycles. The van der Waals surface area contributed by atoms with E-state index in [1.807, 2.05) is 24.3 Å². The summed E-state index contributed by atoms with van der Waals surface area (Å²) in [7, 11) is 0. The number of ketones is 1. The average Bonchev–Trinajstić information content (AvgIpc) is 2.48. The average molecular weight is 304 g/mol. The Kier molecular flexibility index (Phi) is 9.20. The van der Waals surface area contributed by atoms with Crippen LogP contribution in [-0.4, -0.2) is 16.9 Å². The van der Waals surface area contributed by atoms with Gasteiger partial charge in [0.25, 0.3) is 0 Å². The lowest BCUT2D eigenvalue weighted by molar-refractivity contribution is -0.137. The molecule has 3 nitrogen and oxygen atoms in total. The lowest BCUT2D eigenvalue weighted by Crippen LogP contribution is -2.02. The molecule has 0 saturated carbocycles. The van der Waals surface area contributed by atoms with E-state index < -0.39 is 5.97 Å². The summed E-state index contributed by atoms with van der Waals surface area (Å²) < 4.78 is 0. The number of carbonyl (C=O) groups excluding carboxylic acids is 1. The van der Waals surface area contributed by atoms with Gasteiger partial charge in [0.2, 0.25) is 0 Å². The molecule has 0 spiro atoms. The maximum atomic E-state index is 11.9. The molecule has 0 fully saturated rings. The van der Waals surface area contributed by atoms with Crippen LogP contribution in [0.5, 0.6) is 0 Å². The highest BCUT2D eigenvalue weighted by Crippen LogP contribution is 2.11. The second-order valence-electron chi connectivity index (χ2n) is 5.94. The van der Waals surface area contributed by atoms with E-state index >= 15 is 0 Å². The van der Waals surface area contributed by atoms with Crippen molar-refractivity contribution in [3.05, 3.63) is 35.4 Å². The first kappa shape index (κ1) is 18.4. The summed E-state index contributed by atoms with van der Waals surface area (Å²) in [4.78, 5) is 22.4. The third kappa shape index (κ3) is 8.60. The van der Waals surface area contributed by atoms with E-state index in [9.17, 15) is 9.59 Å². The lowest BCUT2D eigenvalue weighted by atomic mass is 10.0. The standard InChI is InChI=1S/C19H28O3/c1-2-3-4-5-6-9-18(20)15-17-13-11-16(12-14-17)8-7-10-19(21)22/h11-14H,2-10,15H2,1H3,(H,21,22). The number of carboxylic acid groups (broad SMARTS) is 1. The molecule has 0 amide bonds. The smallest absolute Gasteiger partial charge is 0.303 e. The van der Waals surface area contributed by atoms with Crippen molar-refractivity contribution in [2.45, 2.75) is 71.1 Å². The Bertz CT molecular complexity index is 448. The third-order valence-electron chi connectivity index (χ3n) is 3.84. The first-order valence-corrected chi connectivity index (χ1v) is 8.43. The van der Waals surface area contributed by atoms with Gasteiger partial charge in [-0.15, -0.1) is 0 Å². The van der Waals surface area contributed by atoms with Crippen LogP contribution in [0.2, 0.25) is 0 Å². The third-order valence-corrected chi connectivity index (χ3v) is 3.84. The highest BCUT2D eigenvalue weighted by molar-refractivity contribution is 5.80. The van der Waals surface area contributed by atoms with Crippen LogP contribution in [0.25, 0.3) is 0 Å². The molecule has 3 heteroatoms. The number of carbonyl (C=O) groups is 2. The second-order valence-corrected chi connectivity index (χ2v) is 5.94. The minimum atomic E-state index is -0.749. The number of rotatable bonds is 12. The second kappa shape index (κ2) is 11.0. The minimum Gasteiger partial charge on any atom is -0.481 e. The van der Waals surface area contributed by atoms with Gasteiger partial charge in [0.05, 0.1) is 0 Å². The highest BCUT2D eigenvalue weighted by atomic mass is 16.4. The van der Waals surface area contributed by atoms with Crippen molar-refractivity contribution in [2.75, 3.05) is 0 Å². The van der Waals surface area contributed by atoms with Crippen LogP contribution in [0.4, 0.5) is 0 Å². The van der Waals surface area contributed by atoms with E-state index in [4.69, 9.17) is 5.11 Å². The fourth-order valence-electron chi connectivity index (χ4n) is 2.51. The van der Waals surface area contributed by atoms with E-state index in [1.165, 1.54) is 19.3 Å². The maximum Gasteiger partial charge on any atom is 0.303 e. The van der Waals surface area contributed by atoms with Crippen molar-refractivity contribution < 1.29 is 14.7 Å². The number of aliphatic carboxylic acids is 1. The molecule has 1 aromatic carbocycles. The van der Waals surface area contributed by atoms with E-state index in [0.29, 0.717) is 25.0 Å². The van der Waals surface area contributed by atoms with Crippen molar-refractivity contribution in [1.29, 1.82) is 0 Å². The monoisotopic (exact) mass is 304 g/mol. The SMILES string of the molecule is CCCCCCCC(=O)Cc1ccc(CCCC(=O)O)cc1. The molecule has 0 radical (unpaired) electrons. The molecular formula is C19H28O3. The molecule has 0 bridgehead atoms. The fraction of sp³-hybridized carbons (Fsp3) is 0.579. The zero-order chi connectivity index (χ0) is 16.2. The summed E-state index contributed by atoms with van der Waals surface area (Å²) in [5.74, 6) is -0.434. The van der Waals surface area contributed by atoms with Crippen LogP contribution in [0, 0.1) is 0 Å². The quantitative estimate of drug-likeness (QED) is 0.576. The lowest BCUT2D eigenvalue weighted by Gasteiger charge is -2.04. The molecular weight excluding hydrogens is 276 g/mol. The summed E-state index contributed by atoms with van der Waals surface area (Å²) in [5, 5.41) is 8.62. The van der Waals surface area contributed by atoms with Gasteiger partial charge in [-0.1, -0.05) is 56.9 Å². The molecule has 0 aromatic heterocycles. The number of hydrogen-bond acceptors (Lipinski definition) is 2. The van der Waals surface area contributed by atoms with Gasteiger partial charge in [-0.05, 0) is 30.4 Å². The molecule has 0 unspecified atom stereocenters. The number of aryl methyl sites for hydroxylation is 1. The van der Waals surface area contributed by atoms with Crippen LogP contribution in [0.1, 0.15) is 69.4 Å². The summed E-state index contributed by atoms with van der Waals surface area (Å²) >= 11 is 0. The Morgan fingerprint density at radius 3 is 2.14 bits per heavy atom. The van der Waals surface area contributed by atoms with E-state index in [2.05, 4.69) is 6.92 Å². The normalized spacial score (nSPS) is 10.6. The largest absolute Gasteiger partial charge is 0.481 e. The van der Waals surface area contributed by atoms with Crippen molar-refractivity contribution in [3.63, 3.8) is 0 Å². The number of hydrogen-bond donors (Lipinski definition) is 1. The van der Waals surface area contributed by atoms with Crippen LogP contribution >= 0.6 is 0 Å². The molecule has 0 atom stereocenters. The molecule has 0 aliphatic rings. The van der Waals surface area contributed by atoms with Gasteiger partial charge in [0, 0.05) is 19.3 Å². The van der Waals surface area contributed by atoms with Crippen molar-refractivity contribution in [3.8, 4) is 0 Å². The van der Waals surface area contributed by atoms with Crippen molar-refractivity contribution in [2.24, 2.45) is 0 Å². The van der Waals surface area contributed by atoms with Crippen LogP contribution in [-0.2, 0) is 22.4 Å². The fourth-order valence-corrected chi connectivity index (χ4v) is 2.51. The summed E-state index contributed by atoms with van der Waals surface area (Å²) in [5.41, 5.74) is 2.19. The summed E-state index contributed by atoms with van der Waals surface area (Å²) in [6.07, 6.45) is 8.72. The summed E-state index contributed by atoms with van der Waals surface area (Å²) in [6.45, 7) is 2.19. The van der Waals surface area contributed by atoms with E-state index in [-0.39, 0.29) is 6.42 Å². The predicted molar refractivity (Wildman–Crippen MR) is 89.1 cm³/mol. The Hall–Kier alpha value is -1.64. The van der Waals surface area contributed by atoms with Gasteiger partial charge in [-0.3, -0.25) is 9.59 Å². The zero-order valence-corrected chi connectivity index (χ0v) is 13.6. The Morgan fingerprint density at radius 1 is 0.864 bits per heavy atom. The molecule has 0 aliphatic heterocycles. The van der Waals surface area contributed by atoms with Crippen molar-refractivity contribution in [1.82, 2.24) is 0 Å². The van der Waals surface area contributed by atoms with Crippen LogP contribution < -0.4 is 0 Å². The van der Waals surface area contributed by atoms with E-state index in [0.717, 1.165) is 30.4 Å². The topological polar surface area (TPSA) is 54.4 Å². The number of benzene rings is 1. The maximum absolute atomic E-state index is 11.9. The Labute approximate surface area is 133 Å². The molecule has 1 aromatic rings. The minimum absolute atomic E-state index is 0.207. The molecule has 22 heavy (non-hydrogen) atoms. The molecule has 0 aliphatic carbocycles. The van der Waals surface area contributed by atoms with Crippen molar-refractivity contribution >= 4 is 11.8 Å². The first-order valence-electron chi connectivity index (χ1n) is 8.43. The number of unbranched alkanes of at least 4 members (excludes halogenated alkanes) is 4. The molecule has 1 rings (SSSR count). The van der Waals surface area contributed by atoms with Gasteiger partial charge in [0.1, 0.15) is 5.78 Å². The summed E-state index contributed by atoms with van der Waals surface area (Å²) in [6, 6.07) is 7.99. The number of carboxylic acids is 1. The van der Waals surface area contributed by atoms with Gasteiger partial charge in [-0.2, -0.15) is 0 Å². The predicted octanol–water partition coefficient (Wildman–Crippen LogP) is 4.57. The molecule has 0 saturated heterocycles. The van der Waals surface area contributed by atoms with E-state index in [1.54, 1.807) is 0 Å².